The van der Waals surface area contributed by atoms with Gasteiger partial charge in [0, 0.05) is 12.8 Å². The second-order valence-electron chi connectivity index (χ2n) is 15.6. The van der Waals surface area contributed by atoms with Crippen molar-refractivity contribution >= 4 is 25.7 Å². The Labute approximate surface area is 375 Å². The van der Waals surface area contributed by atoms with Crippen molar-refractivity contribution in [3.8, 4) is 0 Å². The maximum atomic E-state index is 12.3. The second kappa shape index (κ2) is 44.3. The van der Waals surface area contributed by atoms with Crippen LogP contribution in [0.1, 0.15) is 181 Å². The molecular weight excluding hydrogens is 806 g/mol. The fourth-order valence-corrected chi connectivity index (χ4v) is 6.84. The number of allylic oxidation sites excluding steroid dienone is 14. The van der Waals surface area contributed by atoms with Crippen LogP contribution in [0.25, 0.3) is 0 Å². The molecule has 0 radical (unpaired) electrons. The molecule has 0 aliphatic carbocycles. The van der Waals surface area contributed by atoms with Crippen LogP contribution in [0.5, 0.6) is 0 Å². The smallest absolute Gasteiger partial charge is 0.472 e. The number of aliphatic carboxylic acids is 1. The summed E-state index contributed by atoms with van der Waals surface area (Å²) < 4.78 is 26.9. The molecule has 12 heteroatoms. The fourth-order valence-electron chi connectivity index (χ4n) is 6.07. The van der Waals surface area contributed by atoms with E-state index in [0.717, 1.165) is 64.2 Å². The van der Waals surface area contributed by atoms with Gasteiger partial charge < -0.3 is 25.2 Å². The van der Waals surface area contributed by atoms with Gasteiger partial charge in [0.05, 0.1) is 13.2 Å². The number of amides is 1. The summed E-state index contributed by atoms with van der Waals surface area (Å²) in [6.45, 7) is 2.44. The number of carbonyl (C=O) groups excluding carboxylic acids is 2. The highest BCUT2D eigenvalue weighted by molar-refractivity contribution is 7.47. The molecule has 3 unspecified atom stereocenters. The highest BCUT2D eigenvalue weighted by atomic mass is 31.2. The Bertz CT molecular complexity index is 1370. The van der Waals surface area contributed by atoms with Gasteiger partial charge in [0.1, 0.15) is 12.7 Å². The van der Waals surface area contributed by atoms with Crippen molar-refractivity contribution in [1.82, 2.24) is 5.32 Å². The van der Waals surface area contributed by atoms with Crippen molar-refractivity contribution in [3.05, 3.63) is 85.1 Å². The summed E-state index contributed by atoms with van der Waals surface area (Å²) in [6, 6.07) is -1.58. The molecule has 4 N–H and O–H groups in total. The van der Waals surface area contributed by atoms with Crippen LogP contribution in [0, 0.1) is 0 Å². The third kappa shape index (κ3) is 43.3. The van der Waals surface area contributed by atoms with E-state index in [1.807, 2.05) is 12.2 Å². The molecule has 11 nitrogen and oxygen atoms in total. The Hall–Kier alpha value is -3.34. The molecule has 0 bridgehead atoms. The minimum absolute atomic E-state index is 0.0612. The lowest BCUT2D eigenvalue weighted by Gasteiger charge is -2.18. The predicted octanol–water partition coefficient (Wildman–Crippen LogP) is 12.7. The monoisotopic (exact) mass is 890 g/mol. The van der Waals surface area contributed by atoms with Crippen LogP contribution in [0.15, 0.2) is 85.1 Å². The van der Waals surface area contributed by atoms with Crippen molar-refractivity contribution in [2.24, 2.45) is 0 Å². The lowest BCUT2D eigenvalue weighted by molar-refractivity contribution is -0.147. The molecule has 1 amide bonds. The first kappa shape index (κ1) is 58.7. The number of carbonyl (C=O) groups is 3. The Morgan fingerprint density at radius 2 is 0.935 bits per heavy atom. The summed E-state index contributed by atoms with van der Waals surface area (Å²) in [4.78, 5) is 46.0. The van der Waals surface area contributed by atoms with E-state index in [9.17, 15) is 34.1 Å². The van der Waals surface area contributed by atoms with Crippen LogP contribution < -0.4 is 5.32 Å². The fraction of sp³-hybridized carbons (Fsp3) is 0.660. The van der Waals surface area contributed by atoms with Gasteiger partial charge in [0.2, 0.25) is 5.91 Å². The summed E-state index contributed by atoms with van der Waals surface area (Å²) in [6.07, 6.45) is 54.7. The van der Waals surface area contributed by atoms with Gasteiger partial charge in [0.25, 0.3) is 0 Å². The quantitative estimate of drug-likeness (QED) is 0.0200. The lowest BCUT2D eigenvalue weighted by Crippen LogP contribution is -2.43. The molecule has 62 heavy (non-hydrogen) atoms. The van der Waals surface area contributed by atoms with Gasteiger partial charge in [-0.15, -0.1) is 0 Å². The molecule has 0 rings (SSSR count). The van der Waals surface area contributed by atoms with Crippen molar-refractivity contribution in [3.63, 3.8) is 0 Å². The first-order valence-corrected chi connectivity index (χ1v) is 25.1. The van der Waals surface area contributed by atoms with Gasteiger partial charge in [0.15, 0.2) is 6.04 Å². The number of phosphoric acid groups is 1. The number of esters is 1. The Morgan fingerprint density at radius 1 is 0.532 bits per heavy atom. The average Bonchev–Trinajstić information content (AvgIpc) is 3.25. The van der Waals surface area contributed by atoms with Crippen LogP contribution in [0.3, 0.4) is 0 Å². The van der Waals surface area contributed by atoms with Crippen LogP contribution in [0.4, 0.5) is 0 Å². The number of hydrogen-bond acceptors (Lipinski definition) is 8. The number of rotatable bonds is 43. The van der Waals surface area contributed by atoms with Gasteiger partial charge in [-0.05, 0) is 64.2 Å². The predicted molar refractivity (Wildman–Crippen MR) is 254 cm³/mol. The van der Waals surface area contributed by atoms with Gasteiger partial charge in [-0.3, -0.25) is 18.6 Å². The molecule has 354 valence electrons. The largest absolute Gasteiger partial charge is 0.480 e. The van der Waals surface area contributed by atoms with Crippen molar-refractivity contribution in [2.75, 3.05) is 19.8 Å². The summed E-state index contributed by atoms with van der Waals surface area (Å²) in [5.41, 5.74) is 0. The van der Waals surface area contributed by atoms with E-state index < -0.39 is 57.6 Å². The van der Waals surface area contributed by atoms with Gasteiger partial charge >= 0.3 is 19.8 Å². The molecule has 0 saturated heterocycles. The van der Waals surface area contributed by atoms with E-state index in [0.29, 0.717) is 19.3 Å². The molecule has 0 heterocycles. The van der Waals surface area contributed by atoms with Crippen LogP contribution in [0.2, 0.25) is 0 Å². The number of carboxylic acids is 1. The lowest BCUT2D eigenvalue weighted by atomic mass is 10.0. The highest BCUT2D eigenvalue weighted by Gasteiger charge is 2.28. The molecule has 0 aliphatic rings. The average molecular weight is 890 g/mol. The van der Waals surface area contributed by atoms with Crippen LogP contribution in [-0.4, -0.2) is 64.9 Å². The molecule has 0 saturated carbocycles. The standard InChI is InChI=1S/C50H84NO10P/c1-3-5-7-9-11-13-15-17-19-20-21-22-23-24-25-26-28-29-31-33-35-37-39-41-48(53)51-47(50(55)56)45-61-62(57,58)60-44-46(52)43-59-49(54)42-40-38-36-34-32-30-27-18-16-14-12-10-8-6-4-2/h5,7,11,13,17,19,21-22,24-25,28-29,33,35,46-47,52H,3-4,6,8-10,12,14-16,18,20,23,26-27,30-32,34,36-45H2,1-2H3,(H,51,53)(H,55,56)(H,57,58)/b7-5-,13-11-,19-17-,22-21-,25-24-,29-28-,35-33-. The van der Waals surface area contributed by atoms with E-state index in [-0.39, 0.29) is 12.8 Å². The second-order valence-corrected chi connectivity index (χ2v) is 17.0. The van der Waals surface area contributed by atoms with Crippen molar-refractivity contribution < 1.29 is 47.8 Å². The van der Waals surface area contributed by atoms with E-state index >= 15 is 0 Å². The number of nitrogens with one attached hydrogen (secondary N) is 1. The van der Waals surface area contributed by atoms with E-state index in [1.54, 1.807) is 0 Å². The molecule has 0 aromatic carbocycles. The van der Waals surface area contributed by atoms with Crippen molar-refractivity contribution in [1.29, 1.82) is 0 Å². The Balaban J connectivity index is 3.99. The van der Waals surface area contributed by atoms with Gasteiger partial charge in [-0.2, -0.15) is 0 Å². The molecule has 0 aromatic heterocycles. The summed E-state index contributed by atoms with van der Waals surface area (Å²) >= 11 is 0. The van der Waals surface area contributed by atoms with Gasteiger partial charge in [-0.1, -0.05) is 189 Å². The van der Waals surface area contributed by atoms with E-state index in [4.69, 9.17) is 13.8 Å². The maximum Gasteiger partial charge on any atom is 0.472 e. The maximum absolute atomic E-state index is 12.3. The Kier molecular flexibility index (Phi) is 41.9. The third-order valence-electron chi connectivity index (χ3n) is 9.70. The number of phosphoric ester groups is 1. The number of ether oxygens (including phenoxy) is 1. The highest BCUT2D eigenvalue weighted by Crippen LogP contribution is 2.43. The number of aliphatic hydroxyl groups is 1. The van der Waals surface area contributed by atoms with Crippen molar-refractivity contribution in [2.45, 2.75) is 193 Å². The molecule has 3 atom stereocenters. The first-order chi connectivity index (χ1) is 30.1. The molecular formula is C50H84NO10P. The number of hydrogen-bond donors (Lipinski definition) is 4. The summed E-state index contributed by atoms with van der Waals surface area (Å²) in [5, 5.41) is 21.8. The normalized spacial score (nSPS) is 14.4. The first-order valence-electron chi connectivity index (χ1n) is 23.6. The molecule has 0 spiro atoms. The van der Waals surface area contributed by atoms with Crippen LogP contribution in [-0.2, 0) is 32.7 Å². The molecule has 0 fully saturated rings. The number of aliphatic hydroxyl groups excluding tert-OH is 1. The zero-order valence-corrected chi connectivity index (χ0v) is 39.3. The zero-order valence-electron chi connectivity index (χ0n) is 38.4. The minimum Gasteiger partial charge on any atom is -0.480 e. The Morgan fingerprint density at radius 3 is 1.37 bits per heavy atom. The molecule has 0 aliphatic heterocycles. The molecule has 0 aromatic rings. The number of unbranched alkanes of at least 4 members (excludes halogenated alkanes) is 15. The van der Waals surface area contributed by atoms with E-state index in [1.165, 1.54) is 70.6 Å². The number of carboxylic acid groups (broad SMARTS) is 1. The third-order valence-corrected chi connectivity index (χ3v) is 10.6. The summed E-state index contributed by atoms with van der Waals surface area (Å²) in [5.74, 6) is -2.46. The zero-order chi connectivity index (χ0) is 45.6. The van der Waals surface area contributed by atoms with Gasteiger partial charge in [-0.25, -0.2) is 9.36 Å². The van der Waals surface area contributed by atoms with E-state index in [2.05, 4.69) is 92.1 Å². The summed E-state index contributed by atoms with van der Waals surface area (Å²) in [7, 11) is -4.78. The topological polar surface area (TPSA) is 169 Å². The SMILES string of the molecule is CC/C=C\C/C=C\C/C=C\C/C=C\C/C=C\C/C=C\C/C=C\CCCC(=O)NC(COP(=O)(O)OCC(O)COC(=O)CCCCCCCCCCCCCCCCC)C(=O)O. The van der Waals surface area contributed by atoms with Crippen LogP contribution >= 0.6 is 7.82 Å². The minimum atomic E-state index is -4.78.